The summed E-state index contributed by atoms with van der Waals surface area (Å²) in [5, 5.41) is 2.12. The van der Waals surface area contributed by atoms with E-state index < -0.39 is 0 Å². The van der Waals surface area contributed by atoms with Crippen molar-refractivity contribution in [2.75, 3.05) is 4.90 Å². The van der Waals surface area contributed by atoms with Crippen molar-refractivity contribution in [3.8, 4) is 33.0 Å². The van der Waals surface area contributed by atoms with Crippen molar-refractivity contribution < 1.29 is 0 Å². The lowest BCUT2D eigenvalue weighted by Crippen LogP contribution is -2.09. The van der Waals surface area contributed by atoms with Crippen molar-refractivity contribution in [2.45, 2.75) is 20.8 Å². The van der Waals surface area contributed by atoms with Crippen LogP contribution in [-0.2, 0) is 0 Å². The average molecular weight is 523 g/mol. The molecule has 0 atom stereocenters. The molecule has 3 heteroatoms. The van der Waals surface area contributed by atoms with Gasteiger partial charge in [0, 0.05) is 22.5 Å². The van der Waals surface area contributed by atoms with Crippen molar-refractivity contribution in [3.63, 3.8) is 0 Å². The first-order valence-corrected chi connectivity index (χ1v) is 14.0. The lowest BCUT2D eigenvalue weighted by molar-refractivity contribution is 1.27. The number of hydrogen-bond acceptors (Lipinski definition) is 3. The first-order valence-electron chi connectivity index (χ1n) is 13.2. The van der Waals surface area contributed by atoms with E-state index in [2.05, 4.69) is 153 Å². The summed E-state index contributed by atoms with van der Waals surface area (Å²) in [6.07, 6.45) is 0. The molecule has 0 spiro atoms. The zero-order valence-electron chi connectivity index (χ0n) is 22.4. The second kappa shape index (κ2) is 10.7. The standard InChI is InChI=1S/C36H30N2S/c1-25-13-21-31(22-14-25)38(32-23-15-26(2)16-24-32)36-34(33-12-8-7-9-27(33)3)37-35(39-36)30-19-17-29(18-20-30)28-10-5-4-6-11-28/h4-24H,1-3H3. The summed E-state index contributed by atoms with van der Waals surface area (Å²) in [6, 6.07) is 45.3. The van der Waals surface area contributed by atoms with E-state index in [1.165, 1.54) is 27.8 Å². The molecule has 0 aliphatic carbocycles. The largest absolute Gasteiger partial charge is 0.300 e. The van der Waals surface area contributed by atoms with Crippen LogP contribution in [0.15, 0.2) is 127 Å². The number of hydrogen-bond donors (Lipinski definition) is 0. The molecular formula is C36H30N2S. The van der Waals surface area contributed by atoms with Gasteiger partial charge in [0.2, 0.25) is 0 Å². The van der Waals surface area contributed by atoms with Crippen LogP contribution < -0.4 is 4.90 Å². The highest BCUT2D eigenvalue weighted by atomic mass is 32.1. The lowest BCUT2D eigenvalue weighted by atomic mass is 10.0. The van der Waals surface area contributed by atoms with Crippen LogP contribution in [0.3, 0.4) is 0 Å². The maximum Gasteiger partial charge on any atom is 0.129 e. The Kier molecular flexibility index (Phi) is 6.83. The molecule has 0 saturated heterocycles. The molecule has 0 N–H and O–H groups in total. The van der Waals surface area contributed by atoms with Gasteiger partial charge >= 0.3 is 0 Å². The van der Waals surface area contributed by atoms with Crippen LogP contribution in [-0.4, -0.2) is 4.98 Å². The van der Waals surface area contributed by atoms with Gasteiger partial charge in [-0.05, 0) is 61.7 Å². The molecule has 190 valence electrons. The van der Waals surface area contributed by atoms with Gasteiger partial charge in [-0.1, -0.05) is 126 Å². The van der Waals surface area contributed by atoms with Gasteiger partial charge in [0.15, 0.2) is 0 Å². The number of anilines is 3. The van der Waals surface area contributed by atoms with Gasteiger partial charge in [-0.3, -0.25) is 0 Å². The van der Waals surface area contributed by atoms with Gasteiger partial charge in [0.25, 0.3) is 0 Å². The Bertz CT molecular complexity index is 1650. The second-order valence-corrected chi connectivity index (χ2v) is 10.9. The Balaban J connectivity index is 1.53. The summed E-state index contributed by atoms with van der Waals surface area (Å²) in [7, 11) is 0. The molecule has 39 heavy (non-hydrogen) atoms. The van der Waals surface area contributed by atoms with E-state index in [0.717, 1.165) is 38.2 Å². The van der Waals surface area contributed by atoms with Crippen molar-refractivity contribution in [1.29, 1.82) is 0 Å². The third-order valence-corrected chi connectivity index (χ3v) is 8.13. The number of aromatic nitrogens is 1. The lowest BCUT2D eigenvalue weighted by Gasteiger charge is -2.25. The predicted molar refractivity (Wildman–Crippen MR) is 167 cm³/mol. The number of rotatable bonds is 6. The maximum atomic E-state index is 5.30. The summed E-state index contributed by atoms with van der Waals surface area (Å²) < 4.78 is 0. The van der Waals surface area contributed by atoms with Gasteiger partial charge in [-0.15, -0.1) is 0 Å². The number of benzene rings is 5. The first-order chi connectivity index (χ1) is 19.1. The van der Waals surface area contributed by atoms with E-state index >= 15 is 0 Å². The molecule has 0 amide bonds. The van der Waals surface area contributed by atoms with Crippen molar-refractivity contribution in [3.05, 3.63) is 144 Å². The van der Waals surface area contributed by atoms with Crippen molar-refractivity contribution in [1.82, 2.24) is 4.98 Å². The van der Waals surface area contributed by atoms with E-state index in [1.54, 1.807) is 11.3 Å². The SMILES string of the molecule is Cc1ccc(N(c2ccc(C)cc2)c2sc(-c3ccc(-c4ccccc4)cc3)nc2-c2ccccc2C)cc1. The Hall–Kier alpha value is -4.47. The first kappa shape index (κ1) is 24.8. The van der Waals surface area contributed by atoms with Gasteiger partial charge < -0.3 is 4.90 Å². The van der Waals surface area contributed by atoms with Gasteiger partial charge in [0.1, 0.15) is 15.7 Å². The summed E-state index contributed by atoms with van der Waals surface area (Å²) >= 11 is 1.74. The minimum Gasteiger partial charge on any atom is -0.300 e. The average Bonchev–Trinajstić information content (AvgIpc) is 3.40. The van der Waals surface area contributed by atoms with E-state index in [1.807, 2.05) is 0 Å². The van der Waals surface area contributed by atoms with E-state index in [4.69, 9.17) is 4.98 Å². The fourth-order valence-electron chi connectivity index (χ4n) is 4.81. The highest BCUT2D eigenvalue weighted by Crippen LogP contribution is 2.47. The zero-order valence-corrected chi connectivity index (χ0v) is 23.2. The molecule has 2 nitrogen and oxygen atoms in total. The Morgan fingerprint density at radius 3 is 1.62 bits per heavy atom. The summed E-state index contributed by atoms with van der Waals surface area (Å²) in [6.45, 7) is 6.42. The van der Waals surface area contributed by atoms with Crippen LogP contribution in [0.5, 0.6) is 0 Å². The van der Waals surface area contributed by atoms with E-state index in [0.29, 0.717) is 0 Å². The molecule has 0 bridgehead atoms. The van der Waals surface area contributed by atoms with Gasteiger partial charge in [0.05, 0.1) is 0 Å². The van der Waals surface area contributed by atoms with Crippen molar-refractivity contribution in [2.24, 2.45) is 0 Å². The number of thiazole rings is 1. The number of aryl methyl sites for hydroxylation is 3. The smallest absolute Gasteiger partial charge is 0.129 e. The third-order valence-electron chi connectivity index (χ3n) is 7.04. The van der Waals surface area contributed by atoms with Crippen LogP contribution in [0, 0.1) is 20.8 Å². The minimum absolute atomic E-state index is 1.00. The summed E-state index contributed by atoms with van der Waals surface area (Å²) in [5.41, 5.74) is 11.6. The molecule has 0 fully saturated rings. The Morgan fingerprint density at radius 2 is 1.03 bits per heavy atom. The molecule has 1 heterocycles. The molecule has 0 unspecified atom stereocenters. The second-order valence-electron chi connectivity index (χ2n) is 9.94. The quantitative estimate of drug-likeness (QED) is 0.216. The fourth-order valence-corrected chi connectivity index (χ4v) is 5.94. The number of nitrogens with zero attached hydrogens (tertiary/aromatic N) is 2. The maximum absolute atomic E-state index is 5.30. The molecule has 0 radical (unpaired) electrons. The monoisotopic (exact) mass is 522 g/mol. The molecule has 0 saturated carbocycles. The molecule has 0 aliphatic heterocycles. The van der Waals surface area contributed by atoms with Crippen LogP contribution in [0.1, 0.15) is 16.7 Å². The summed E-state index contributed by atoms with van der Waals surface area (Å²) in [5.74, 6) is 0. The van der Waals surface area contributed by atoms with Crippen LogP contribution in [0.4, 0.5) is 16.4 Å². The molecule has 6 rings (SSSR count). The normalized spacial score (nSPS) is 10.9. The highest BCUT2D eigenvalue weighted by Gasteiger charge is 2.23. The van der Waals surface area contributed by atoms with Crippen molar-refractivity contribution >= 4 is 27.7 Å². The predicted octanol–water partition coefficient (Wildman–Crippen LogP) is 10.5. The van der Waals surface area contributed by atoms with Crippen LogP contribution >= 0.6 is 11.3 Å². The van der Waals surface area contributed by atoms with Crippen LogP contribution in [0.25, 0.3) is 33.0 Å². The molecule has 1 aromatic heterocycles. The third kappa shape index (κ3) is 5.14. The topological polar surface area (TPSA) is 16.1 Å². The fraction of sp³-hybridized carbons (Fsp3) is 0.0833. The molecule has 6 aromatic rings. The molecule has 0 aliphatic rings. The van der Waals surface area contributed by atoms with Crippen LogP contribution in [0.2, 0.25) is 0 Å². The zero-order chi connectivity index (χ0) is 26.8. The molecular weight excluding hydrogens is 492 g/mol. The Morgan fingerprint density at radius 1 is 0.513 bits per heavy atom. The van der Waals surface area contributed by atoms with E-state index in [9.17, 15) is 0 Å². The van der Waals surface area contributed by atoms with Gasteiger partial charge in [-0.25, -0.2) is 4.98 Å². The summed E-state index contributed by atoms with van der Waals surface area (Å²) in [4.78, 5) is 7.65. The molecule has 5 aromatic carbocycles. The Labute approximate surface area is 234 Å². The van der Waals surface area contributed by atoms with Gasteiger partial charge in [-0.2, -0.15) is 0 Å². The highest BCUT2D eigenvalue weighted by molar-refractivity contribution is 7.19. The minimum atomic E-state index is 1.00. The van der Waals surface area contributed by atoms with E-state index in [-0.39, 0.29) is 0 Å².